The van der Waals surface area contributed by atoms with Crippen LogP contribution in [0.15, 0.2) is 59.4 Å². The van der Waals surface area contributed by atoms with Crippen molar-refractivity contribution in [2.45, 2.75) is 64.1 Å². The molecule has 3 aromatic carbocycles. The first-order chi connectivity index (χ1) is 22.9. The van der Waals surface area contributed by atoms with Gasteiger partial charge in [0.15, 0.2) is 0 Å². The van der Waals surface area contributed by atoms with E-state index in [0.29, 0.717) is 70.0 Å². The average molecular weight is 662 g/mol. The Morgan fingerprint density at radius 1 is 0.938 bits per heavy atom. The first-order valence-corrected chi connectivity index (χ1v) is 16.1. The lowest BCUT2D eigenvalue weighted by Gasteiger charge is -2.28. The minimum absolute atomic E-state index is 0.00257. The van der Waals surface area contributed by atoms with E-state index < -0.39 is 23.7 Å². The molecular formula is C35H38F3N7O3. The zero-order valence-electron chi connectivity index (χ0n) is 26.6. The van der Waals surface area contributed by atoms with Crippen LogP contribution in [-0.4, -0.2) is 44.3 Å². The summed E-state index contributed by atoms with van der Waals surface area (Å²) >= 11 is 0. The van der Waals surface area contributed by atoms with Crippen molar-refractivity contribution >= 4 is 39.6 Å². The van der Waals surface area contributed by atoms with Gasteiger partial charge >= 0.3 is 11.9 Å². The van der Waals surface area contributed by atoms with E-state index in [-0.39, 0.29) is 35.4 Å². The SMILES string of the molecule is CC(C)c1nc2cc(-c3ccc(CC(NC(=O)C4CCC(CN)CC4)C(=O)Nc4ccc5[nH]c(=O)[nH]c5c4)cc3)c(C(F)(F)F)cc2[nH]1. The number of aromatic amines is 3. The Kier molecular flexibility index (Phi) is 9.15. The number of amides is 2. The van der Waals surface area contributed by atoms with E-state index in [2.05, 4.69) is 30.6 Å². The molecule has 1 aliphatic rings. The first kappa shape index (κ1) is 33.0. The van der Waals surface area contributed by atoms with E-state index in [1.54, 1.807) is 42.5 Å². The van der Waals surface area contributed by atoms with Crippen LogP contribution in [0.2, 0.25) is 0 Å². The minimum atomic E-state index is -4.60. The number of fused-ring (bicyclic) bond motifs is 2. The van der Waals surface area contributed by atoms with Gasteiger partial charge in [-0.05, 0) is 85.2 Å². The normalized spacial score (nSPS) is 17.6. The van der Waals surface area contributed by atoms with Crippen LogP contribution >= 0.6 is 0 Å². The van der Waals surface area contributed by atoms with Crippen LogP contribution in [0.1, 0.15) is 62.4 Å². The fourth-order valence-electron chi connectivity index (χ4n) is 6.38. The highest BCUT2D eigenvalue weighted by molar-refractivity contribution is 5.99. The van der Waals surface area contributed by atoms with Crippen molar-refractivity contribution in [1.29, 1.82) is 0 Å². The summed E-state index contributed by atoms with van der Waals surface area (Å²) in [4.78, 5) is 51.5. The number of nitrogens with one attached hydrogen (secondary N) is 5. The van der Waals surface area contributed by atoms with Crippen molar-refractivity contribution in [3.63, 3.8) is 0 Å². The molecule has 7 N–H and O–H groups in total. The molecule has 1 unspecified atom stereocenters. The number of carbonyl (C=O) groups excluding carboxylic acids is 2. The Labute approximate surface area is 274 Å². The molecule has 13 heteroatoms. The molecule has 0 spiro atoms. The highest BCUT2D eigenvalue weighted by Crippen LogP contribution is 2.39. The second kappa shape index (κ2) is 13.3. The van der Waals surface area contributed by atoms with Gasteiger partial charge in [-0.1, -0.05) is 38.1 Å². The summed E-state index contributed by atoms with van der Waals surface area (Å²) in [5.41, 5.74) is 7.92. The summed E-state index contributed by atoms with van der Waals surface area (Å²) < 4.78 is 42.6. The molecule has 5 aromatic rings. The number of aromatic nitrogens is 4. The summed E-state index contributed by atoms with van der Waals surface area (Å²) in [6, 6.07) is 13.0. The molecular weight excluding hydrogens is 623 g/mol. The molecule has 48 heavy (non-hydrogen) atoms. The van der Waals surface area contributed by atoms with Crippen LogP contribution in [0, 0.1) is 11.8 Å². The van der Waals surface area contributed by atoms with Crippen molar-refractivity contribution in [3.05, 3.63) is 82.0 Å². The maximum atomic E-state index is 14.2. The largest absolute Gasteiger partial charge is 0.417 e. The number of carbonyl (C=O) groups is 2. The molecule has 2 aromatic heterocycles. The second-order valence-electron chi connectivity index (χ2n) is 12.9. The van der Waals surface area contributed by atoms with Gasteiger partial charge in [-0.2, -0.15) is 13.2 Å². The van der Waals surface area contributed by atoms with Gasteiger partial charge in [0.2, 0.25) is 11.8 Å². The minimum Gasteiger partial charge on any atom is -0.344 e. The van der Waals surface area contributed by atoms with Gasteiger partial charge < -0.3 is 31.3 Å². The molecule has 1 fully saturated rings. The predicted molar refractivity (Wildman–Crippen MR) is 178 cm³/mol. The summed E-state index contributed by atoms with van der Waals surface area (Å²) in [7, 11) is 0. The number of anilines is 1. The molecule has 0 radical (unpaired) electrons. The van der Waals surface area contributed by atoms with Crippen LogP contribution < -0.4 is 22.1 Å². The van der Waals surface area contributed by atoms with Crippen molar-refractivity contribution in [2.24, 2.45) is 17.6 Å². The maximum absolute atomic E-state index is 14.2. The number of nitrogens with two attached hydrogens (primary N) is 1. The lowest BCUT2D eigenvalue weighted by molar-refractivity contribution is -0.137. The van der Waals surface area contributed by atoms with Crippen LogP contribution in [0.25, 0.3) is 33.2 Å². The number of halogens is 3. The number of hydrogen-bond acceptors (Lipinski definition) is 5. The Hall–Kier alpha value is -4.91. The third-order valence-electron chi connectivity index (χ3n) is 9.16. The van der Waals surface area contributed by atoms with Gasteiger partial charge in [-0.25, -0.2) is 9.78 Å². The highest BCUT2D eigenvalue weighted by Gasteiger charge is 2.35. The van der Waals surface area contributed by atoms with E-state index >= 15 is 0 Å². The maximum Gasteiger partial charge on any atom is 0.417 e. The predicted octanol–water partition coefficient (Wildman–Crippen LogP) is 5.97. The fourth-order valence-corrected chi connectivity index (χ4v) is 6.38. The summed E-state index contributed by atoms with van der Waals surface area (Å²) in [6.07, 6.45) is -1.47. The zero-order chi connectivity index (χ0) is 34.2. The molecule has 252 valence electrons. The molecule has 0 bridgehead atoms. The standard InChI is InChI=1S/C35H38F3N7O3/c1-18(2)31-41-28-15-24(25(35(36,37)38)16-29(28)42-31)21-7-3-19(4-8-21)13-30(43-32(46)22-9-5-20(17-39)6-10-22)33(47)40-23-11-12-26-27(14-23)45-34(48)44-26/h3-4,7-8,11-12,14-16,18,20,22,30H,5-6,9-10,13,17,39H2,1-2H3,(H,40,47)(H,41,42)(H,43,46)(H2,44,45,48). The second-order valence-corrected chi connectivity index (χ2v) is 12.9. The number of hydrogen-bond donors (Lipinski definition) is 6. The smallest absolute Gasteiger partial charge is 0.344 e. The molecule has 6 rings (SSSR count). The van der Waals surface area contributed by atoms with Gasteiger partial charge in [0.1, 0.15) is 11.9 Å². The monoisotopic (exact) mass is 661 g/mol. The third-order valence-corrected chi connectivity index (χ3v) is 9.16. The van der Waals surface area contributed by atoms with Crippen LogP contribution in [0.3, 0.4) is 0 Å². The number of benzene rings is 3. The van der Waals surface area contributed by atoms with Crippen LogP contribution in [0.4, 0.5) is 18.9 Å². The molecule has 0 saturated heterocycles. The quantitative estimate of drug-likeness (QED) is 0.115. The third kappa shape index (κ3) is 7.15. The van der Waals surface area contributed by atoms with Crippen molar-refractivity contribution in [3.8, 4) is 11.1 Å². The van der Waals surface area contributed by atoms with Gasteiger partial charge in [-0.15, -0.1) is 0 Å². The van der Waals surface area contributed by atoms with Gasteiger partial charge in [0.25, 0.3) is 0 Å². The Bertz CT molecular complexity index is 2000. The van der Waals surface area contributed by atoms with E-state index in [4.69, 9.17) is 5.73 Å². The number of alkyl halides is 3. The van der Waals surface area contributed by atoms with Gasteiger partial charge in [0, 0.05) is 23.9 Å². The van der Waals surface area contributed by atoms with Gasteiger partial charge in [-0.3, -0.25) is 9.59 Å². The zero-order valence-corrected chi connectivity index (χ0v) is 26.6. The lowest BCUT2D eigenvalue weighted by Crippen LogP contribution is -2.48. The van der Waals surface area contributed by atoms with Crippen molar-refractivity contribution in [1.82, 2.24) is 25.3 Å². The topological polar surface area (TPSA) is 162 Å². The Morgan fingerprint density at radius 2 is 1.65 bits per heavy atom. The van der Waals surface area contributed by atoms with Crippen LogP contribution in [0.5, 0.6) is 0 Å². The van der Waals surface area contributed by atoms with Crippen molar-refractivity contribution in [2.75, 3.05) is 11.9 Å². The number of rotatable bonds is 9. The molecule has 2 heterocycles. The molecule has 0 aliphatic heterocycles. The fraction of sp³-hybridized carbons (Fsp3) is 0.371. The van der Waals surface area contributed by atoms with E-state index in [1.807, 2.05) is 13.8 Å². The number of H-pyrrole nitrogens is 3. The molecule has 10 nitrogen and oxygen atoms in total. The van der Waals surface area contributed by atoms with E-state index in [9.17, 15) is 27.6 Å². The Balaban J connectivity index is 1.26. The van der Waals surface area contributed by atoms with E-state index in [0.717, 1.165) is 18.9 Å². The molecule has 1 atom stereocenters. The summed E-state index contributed by atoms with van der Waals surface area (Å²) in [5, 5.41) is 5.76. The number of imidazole rings is 2. The molecule has 1 saturated carbocycles. The highest BCUT2D eigenvalue weighted by atomic mass is 19.4. The summed E-state index contributed by atoms with van der Waals surface area (Å²) in [6.45, 7) is 4.39. The van der Waals surface area contributed by atoms with Crippen molar-refractivity contribution < 1.29 is 22.8 Å². The average Bonchev–Trinajstić information content (AvgIpc) is 3.66. The molecule has 1 aliphatic carbocycles. The lowest BCUT2D eigenvalue weighted by atomic mass is 9.81. The van der Waals surface area contributed by atoms with Gasteiger partial charge in [0.05, 0.1) is 27.6 Å². The number of nitrogens with zero attached hydrogens (tertiary/aromatic N) is 1. The van der Waals surface area contributed by atoms with Crippen LogP contribution in [-0.2, 0) is 22.2 Å². The van der Waals surface area contributed by atoms with E-state index in [1.165, 1.54) is 6.07 Å². The summed E-state index contributed by atoms with van der Waals surface area (Å²) in [5.74, 6) is 0.0542. The Morgan fingerprint density at radius 3 is 2.31 bits per heavy atom. The molecule has 2 amide bonds. The first-order valence-electron chi connectivity index (χ1n) is 16.1.